The van der Waals surface area contributed by atoms with Crippen LogP contribution in [0.2, 0.25) is 0 Å². The van der Waals surface area contributed by atoms with E-state index in [1.807, 2.05) is 43.3 Å². The molecule has 0 aliphatic carbocycles. The van der Waals surface area contributed by atoms with Crippen LogP contribution in [0.15, 0.2) is 36.4 Å². The number of rotatable bonds is 3. The minimum absolute atomic E-state index is 0.476. The Balaban J connectivity index is 2.04. The summed E-state index contributed by atoms with van der Waals surface area (Å²) in [6, 6.07) is 11.7. The second kappa shape index (κ2) is 4.96. The number of ether oxygens (including phenoxy) is 4. The van der Waals surface area contributed by atoms with Gasteiger partial charge in [0.2, 0.25) is 11.5 Å². The molecule has 3 rings (SSSR count). The van der Waals surface area contributed by atoms with Crippen molar-refractivity contribution in [1.82, 2.24) is 0 Å². The third-order valence-corrected chi connectivity index (χ3v) is 3.29. The van der Waals surface area contributed by atoms with Crippen molar-refractivity contribution in [3.05, 3.63) is 47.5 Å². The van der Waals surface area contributed by atoms with E-state index in [4.69, 9.17) is 18.9 Å². The highest BCUT2D eigenvalue weighted by Crippen LogP contribution is 2.53. The fraction of sp³-hybridized carbons (Fsp3) is 0.250. The van der Waals surface area contributed by atoms with Crippen molar-refractivity contribution in [2.24, 2.45) is 0 Å². The maximum Gasteiger partial charge on any atom is 0.268 e. The van der Waals surface area contributed by atoms with Crippen LogP contribution < -0.4 is 18.9 Å². The lowest BCUT2D eigenvalue weighted by molar-refractivity contribution is 0.0461. The van der Waals surface area contributed by atoms with Crippen LogP contribution >= 0.6 is 0 Å². The van der Waals surface area contributed by atoms with Gasteiger partial charge in [0.15, 0.2) is 11.5 Å². The summed E-state index contributed by atoms with van der Waals surface area (Å²) in [7, 11) is 3.23. The first-order chi connectivity index (χ1) is 9.74. The third kappa shape index (κ3) is 1.93. The molecule has 0 aromatic heterocycles. The highest BCUT2D eigenvalue weighted by atomic mass is 16.7. The Morgan fingerprint density at radius 1 is 0.950 bits per heavy atom. The second-order valence-electron chi connectivity index (χ2n) is 4.57. The lowest BCUT2D eigenvalue weighted by Crippen LogP contribution is -2.07. The van der Waals surface area contributed by atoms with Crippen LogP contribution in [0, 0.1) is 6.92 Å². The number of hydrogen-bond acceptors (Lipinski definition) is 4. The molecule has 4 nitrogen and oxygen atoms in total. The maximum absolute atomic E-state index is 5.91. The molecule has 0 spiro atoms. The number of methoxy groups -OCH3 is 2. The van der Waals surface area contributed by atoms with E-state index in [1.54, 1.807) is 14.2 Å². The number of aryl methyl sites for hydroxylation is 1. The van der Waals surface area contributed by atoms with Crippen molar-refractivity contribution in [2.45, 2.75) is 13.2 Å². The zero-order valence-electron chi connectivity index (χ0n) is 11.7. The lowest BCUT2D eigenvalue weighted by atomic mass is 10.2. The Hall–Kier alpha value is -2.36. The van der Waals surface area contributed by atoms with Crippen LogP contribution in [0.3, 0.4) is 0 Å². The Morgan fingerprint density at radius 3 is 2.30 bits per heavy atom. The van der Waals surface area contributed by atoms with Crippen molar-refractivity contribution in [1.29, 1.82) is 0 Å². The van der Waals surface area contributed by atoms with E-state index in [1.165, 1.54) is 0 Å². The van der Waals surface area contributed by atoms with Gasteiger partial charge < -0.3 is 18.9 Å². The predicted molar refractivity (Wildman–Crippen MR) is 74.7 cm³/mol. The molecule has 1 unspecified atom stereocenters. The van der Waals surface area contributed by atoms with Gasteiger partial charge in [0.1, 0.15) is 0 Å². The molecular formula is C16H16O4. The molecule has 1 aliphatic heterocycles. The molecule has 0 saturated carbocycles. The van der Waals surface area contributed by atoms with Gasteiger partial charge in [-0.05, 0) is 18.6 Å². The zero-order chi connectivity index (χ0) is 14.1. The maximum atomic E-state index is 5.91. The normalized spacial score (nSPS) is 16.1. The molecule has 20 heavy (non-hydrogen) atoms. The first kappa shape index (κ1) is 12.7. The van der Waals surface area contributed by atoms with Crippen LogP contribution in [0.5, 0.6) is 23.0 Å². The molecule has 2 aromatic carbocycles. The fourth-order valence-corrected chi connectivity index (χ4v) is 2.33. The molecule has 0 amide bonds. The van der Waals surface area contributed by atoms with E-state index in [2.05, 4.69) is 0 Å². The van der Waals surface area contributed by atoms with Crippen LogP contribution in [0.25, 0.3) is 0 Å². The van der Waals surface area contributed by atoms with Gasteiger partial charge in [-0.15, -0.1) is 0 Å². The van der Waals surface area contributed by atoms with Crippen molar-refractivity contribution < 1.29 is 18.9 Å². The van der Waals surface area contributed by atoms with Crippen molar-refractivity contribution in [3.8, 4) is 23.0 Å². The van der Waals surface area contributed by atoms with Gasteiger partial charge in [-0.25, -0.2) is 0 Å². The van der Waals surface area contributed by atoms with Crippen molar-refractivity contribution in [3.63, 3.8) is 0 Å². The number of fused-ring (bicyclic) bond motifs is 1. The summed E-state index contributed by atoms with van der Waals surface area (Å²) < 4.78 is 22.6. The van der Waals surface area contributed by atoms with E-state index in [0.717, 1.165) is 11.1 Å². The summed E-state index contributed by atoms with van der Waals surface area (Å²) in [6.07, 6.45) is -0.476. The molecule has 0 bridgehead atoms. The molecule has 104 valence electrons. The SMILES string of the molecule is COc1cc(C)c(OC)c2c1OC(c1ccccc1)O2. The van der Waals surface area contributed by atoms with E-state index >= 15 is 0 Å². The van der Waals surface area contributed by atoms with Gasteiger partial charge in [-0.1, -0.05) is 30.3 Å². The Labute approximate surface area is 117 Å². The standard InChI is InChI=1S/C16H16O4/c1-10-9-12(17-2)14-15(13(10)18-3)20-16(19-14)11-7-5-4-6-8-11/h4-9,16H,1-3H3. The summed E-state index contributed by atoms with van der Waals surface area (Å²) in [6.45, 7) is 1.95. The van der Waals surface area contributed by atoms with Gasteiger partial charge in [0, 0.05) is 5.56 Å². The highest BCUT2D eigenvalue weighted by Gasteiger charge is 2.33. The van der Waals surface area contributed by atoms with Gasteiger partial charge >= 0.3 is 0 Å². The van der Waals surface area contributed by atoms with Crippen LogP contribution in [0.1, 0.15) is 17.4 Å². The molecule has 0 saturated heterocycles. The molecule has 1 aliphatic rings. The summed E-state index contributed by atoms with van der Waals surface area (Å²) in [5, 5.41) is 0. The minimum atomic E-state index is -0.476. The van der Waals surface area contributed by atoms with E-state index < -0.39 is 6.29 Å². The Kier molecular flexibility index (Phi) is 3.14. The molecule has 1 atom stereocenters. The monoisotopic (exact) mass is 272 g/mol. The molecule has 4 heteroatoms. The molecule has 2 aromatic rings. The molecule has 0 radical (unpaired) electrons. The van der Waals surface area contributed by atoms with Gasteiger partial charge in [-0.3, -0.25) is 0 Å². The Bertz CT molecular complexity index is 622. The summed E-state index contributed by atoms with van der Waals surface area (Å²) >= 11 is 0. The van der Waals surface area contributed by atoms with Crippen LogP contribution in [-0.2, 0) is 0 Å². The molecule has 0 N–H and O–H groups in total. The average molecular weight is 272 g/mol. The lowest BCUT2D eigenvalue weighted by Gasteiger charge is -2.10. The van der Waals surface area contributed by atoms with Crippen LogP contribution in [0.4, 0.5) is 0 Å². The smallest absolute Gasteiger partial charge is 0.268 e. The zero-order valence-corrected chi connectivity index (χ0v) is 11.7. The Morgan fingerprint density at radius 2 is 1.65 bits per heavy atom. The minimum Gasteiger partial charge on any atom is -0.493 e. The first-order valence-electron chi connectivity index (χ1n) is 6.38. The largest absolute Gasteiger partial charge is 0.493 e. The topological polar surface area (TPSA) is 36.9 Å². The molecule has 1 heterocycles. The quantitative estimate of drug-likeness (QED) is 0.857. The highest BCUT2D eigenvalue weighted by molar-refractivity contribution is 5.64. The van der Waals surface area contributed by atoms with Crippen molar-refractivity contribution in [2.75, 3.05) is 14.2 Å². The van der Waals surface area contributed by atoms with Gasteiger partial charge in [0.25, 0.3) is 6.29 Å². The predicted octanol–water partition coefficient (Wildman–Crippen LogP) is 3.48. The van der Waals surface area contributed by atoms with Gasteiger partial charge in [0.05, 0.1) is 14.2 Å². The van der Waals surface area contributed by atoms with Gasteiger partial charge in [-0.2, -0.15) is 0 Å². The third-order valence-electron chi connectivity index (χ3n) is 3.29. The van der Waals surface area contributed by atoms with Crippen LogP contribution in [-0.4, -0.2) is 14.2 Å². The number of hydrogen-bond donors (Lipinski definition) is 0. The molecular weight excluding hydrogens is 256 g/mol. The molecule has 0 fully saturated rings. The second-order valence-corrected chi connectivity index (χ2v) is 4.57. The number of benzene rings is 2. The summed E-state index contributed by atoms with van der Waals surface area (Å²) in [5.41, 5.74) is 1.89. The van der Waals surface area contributed by atoms with E-state index in [-0.39, 0.29) is 0 Å². The van der Waals surface area contributed by atoms with E-state index in [9.17, 15) is 0 Å². The summed E-state index contributed by atoms with van der Waals surface area (Å²) in [5.74, 6) is 2.51. The van der Waals surface area contributed by atoms with E-state index in [0.29, 0.717) is 23.0 Å². The van der Waals surface area contributed by atoms with Crippen molar-refractivity contribution >= 4 is 0 Å². The summed E-state index contributed by atoms with van der Waals surface area (Å²) in [4.78, 5) is 0. The first-order valence-corrected chi connectivity index (χ1v) is 6.38. The average Bonchev–Trinajstić information content (AvgIpc) is 2.92. The fourth-order valence-electron chi connectivity index (χ4n) is 2.33.